The van der Waals surface area contributed by atoms with Crippen molar-refractivity contribution in [2.24, 2.45) is 11.3 Å². The highest BCUT2D eigenvalue weighted by atomic mass is 16.7. The highest BCUT2D eigenvalue weighted by Gasteiger charge is 2.35. The SMILES string of the molecule is CC(C)(C)[C@H]1C=C(C(=O)N2CCCC2)O[C@@H](OCc2ccc(CO)cc2)C1. The number of hydrogen-bond acceptors (Lipinski definition) is 4. The van der Waals surface area contributed by atoms with Crippen LogP contribution in [0.15, 0.2) is 36.1 Å². The molecule has 0 radical (unpaired) electrons. The number of carbonyl (C=O) groups excluding carboxylic acids is 1. The molecule has 0 aromatic heterocycles. The molecule has 5 heteroatoms. The lowest BCUT2D eigenvalue weighted by molar-refractivity contribution is -0.161. The van der Waals surface area contributed by atoms with Crippen molar-refractivity contribution in [1.82, 2.24) is 4.90 Å². The van der Waals surface area contributed by atoms with Crippen molar-refractivity contribution in [2.75, 3.05) is 13.1 Å². The lowest BCUT2D eigenvalue weighted by Crippen LogP contribution is -2.37. The molecule has 0 bridgehead atoms. The van der Waals surface area contributed by atoms with Crippen molar-refractivity contribution in [1.29, 1.82) is 0 Å². The number of allylic oxidation sites excluding steroid dienone is 1. The number of carbonyl (C=O) groups is 1. The third-order valence-corrected chi connectivity index (χ3v) is 5.42. The maximum absolute atomic E-state index is 12.8. The Balaban J connectivity index is 1.67. The molecule has 1 aromatic carbocycles. The van der Waals surface area contributed by atoms with Crippen LogP contribution < -0.4 is 0 Å². The van der Waals surface area contributed by atoms with Crippen molar-refractivity contribution < 1.29 is 19.4 Å². The second kappa shape index (κ2) is 8.44. The van der Waals surface area contributed by atoms with E-state index in [1.807, 2.05) is 35.2 Å². The van der Waals surface area contributed by atoms with Gasteiger partial charge in [0, 0.05) is 19.5 Å². The molecule has 0 unspecified atom stereocenters. The van der Waals surface area contributed by atoms with Gasteiger partial charge in [-0.05, 0) is 41.4 Å². The van der Waals surface area contributed by atoms with Crippen molar-refractivity contribution >= 4 is 5.91 Å². The standard InChI is InChI=1S/C22H31NO4/c1-22(2,3)18-12-19(21(25)23-10-4-5-11-23)27-20(13-18)26-15-17-8-6-16(14-24)7-9-17/h6-9,12,18,20,24H,4-5,10-11,13-15H2,1-3H3/t18-,20+/m0/s1. The number of likely N-dealkylation sites (tertiary alicyclic amines) is 1. The Kier molecular flexibility index (Phi) is 6.22. The second-order valence-electron chi connectivity index (χ2n) is 8.57. The maximum Gasteiger partial charge on any atom is 0.288 e. The quantitative estimate of drug-likeness (QED) is 0.857. The summed E-state index contributed by atoms with van der Waals surface area (Å²) in [5.74, 6) is 0.639. The molecule has 148 valence electrons. The Morgan fingerprint density at radius 1 is 1.19 bits per heavy atom. The molecule has 2 heterocycles. The monoisotopic (exact) mass is 373 g/mol. The Hall–Kier alpha value is -1.85. The van der Waals surface area contributed by atoms with Crippen LogP contribution in [0.2, 0.25) is 0 Å². The third kappa shape index (κ3) is 5.11. The number of ether oxygens (including phenoxy) is 2. The Labute approximate surface area is 162 Å². The van der Waals surface area contributed by atoms with E-state index in [-0.39, 0.29) is 23.8 Å². The zero-order valence-corrected chi connectivity index (χ0v) is 16.6. The summed E-state index contributed by atoms with van der Waals surface area (Å²) in [5, 5.41) is 9.15. The summed E-state index contributed by atoms with van der Waals surface area (Å²) in [5.41, 5.74) is 1.93. The minimum atomic E-state index is -0.432. The fraction of sp³-hybridized carbons (Fsp3) is 0.591. The molecule has 27 heavy (non-hydrogen) atoms. The average Bonchev–Trinajstić information content (AvgIpc) is 3.20. The topological polar surface area (TPSA) is 59.0 Å². The summed E-state index contributed by atoms with van der Waals surface area (Å²) in [4.78, 5) is 14.7. The van der Waals surface area contributed by atoms with E-state index in [2.05, 4.69) is 20.8 Å². The summed E-state index contributed by atoms with van der Waals surface area (Å²) in [6.07, 6.45) is 4.42. The molecular formula is C22H31NO4. The van der Waals surface area contributed by atoms with E-state index in [1.165, 1.54) is 0 Å². The number of hydrogen-bond donors (Lipinski definition) is 1. The predicted molar refractivity (Wildman–Crippen MR) is 103 cm³/mol. The molecule has 2 atom stereocenters. The van der Waals surface area contributed by atoms with Crippen LogP contribution >= 0.6 is 0 Å². The molecule has 0 aliphatic carbocycles. The van der Waals surface area contributed by atoms with Crippen LogP contribution in [-0.4, -0.2) is 35.3 Å². The van der Waals surface area contributed by atoms with E-state index in [4.69, 9.17) is 14.6 Å². The average molecular weight is 373 g/mol. The highest BCUT2D eigenvalue weighted by Crippen LogP contribution is 2.37. The van der Waals surface area contributed by atoms with Crippen LogP contribution in [0.1, 0.15) is 51.2 Å². The molecule has 3 rings (SSSR count). The summed E-state index contributed by atoms with van der Waals surface area (Å²) < 4.78 is 12.0. The number of nitrogens with zero attached hydrogens (tertiary/aromatic N) is 1. The van der Waals surface area contributed by atoms with E-state index in [0.29, 0.717) is 12.4 Å². The molecule has 0 spiro atoms. The highest BCUT2D eigenvalue weighted by molar-refractivity contribution is 5.91. The second-order valence-corrected chi connectivity index (χ2v) is 8.57. The van der Waals surface area contributed by atoms with Gasteiger partial charge in [-0.15, -0.1) is 0 Å². The van der Waals surface area contributed by atoms with E-state index < -0.39 is 6.29 Å². The molecule has 1 saturated heterocycles. The third-order valence-electron chi connectivity index (χ3n) is 5.42. The number of amides is 1. The van der Waals surface area contributed by atoms with Gasteiger partial charge in [-0.25, -0.2) is 0 Å². The van der Waals surface area contributed by atoms with Gasteiger partial charge >= 0.3 is 0 Å². The van der Waals surface area contributed by atoms with Crippen molar-refractivity contribution in [3.05, 3.63) is 47.2 Å². The zero-order chi connectivity index (χ0) is 19.4. The summed E-state index contributed by atoms with van der Waals surface area (Å²) in [7, 11) is 0. The number of rotatable bonds is 5. The van der Waals surface area contributed by atoms with Gasteiger partial charge in [-0.3, -0.25) is 4.79 Å². The van der Waals surface area contributed by atoms with Gasteiger partial charge in [-0.2, -0.15) is 0 Å². The molecule has 1 amide bonds. The summed E-state index contributed by atoms with van der Waals surface area (Å²) in [6.45, 7) is 8.61. The largest absolute Gasteiger partial charge is 0.459 e. The fourth-order valence-electron chi connectivity index (χ4n) is 3.52. The zero-order valence-electron chi connectivity index (χ0n) is 16.6. The summed E-state index contributed by atoms with van der Waals surface area (Å²) in [6, 6.07) is 7.67. The van der Waals surface area contributed by atoms with Crippen LogP contribution in [0, 0.1) is 11.3 Å². The molecule has 5 nitrogen and oxygen atoms in total. The smallest absolute Gasteiger partial charge is 0.288 e. The minimum Gasteiger partial charge on any atom is -0.459 e. The lowest BCUT2D eigenvalue weighted by Gasteiger charge is -2.36. The number of aliphatic hydroxyl groups is 1. The van der Waals surface area contributed by atoms with Gasteiger partial charge in [0.1, 0.15) is 0 Å². The predicted octanol–water partition coefficient (Wildman–Crippen LogP) is 3.61. The minimum absolute atomic E-state index is 0.0117. The first-order chi connectivity index (χ1) is 12.9. The first-order valence-electron chi connectivity index (χ1n) is 9.85. The van der Waals surface area contributed by atoms with E-state index in [0.717, 1.165) is 43.5 Å². The summed E-state index contributed by atoms with van der Waals surface area (Å²) >= 11 is 0. The molecule has 2 aliphatic rings. The van der Waals surface area contributed by atoms with Crippen LogP contribution in [0.3, 0.4) is 0 Å². The van der Waals surface area contributed by atoms with Gasteiger partial charge in [0.15, 0.2) is 5.76 Å². The van der Waals surface area contributed by atoms with E-state index in [1.54, 1.807) is 0 Å². The number of benzene rings is 1. The maximum atomic E-state index is 12.8. The van der Waals surface area contributed by atoms with E-state index >= 15 is 0 Å². The molecular weight excluding hydrogens is 342 g/mol. The Bertz CT molecular complexity index is 669. The van der Waals surface area contributed by atoms with E-state index in [9.17, 15) is 4.79 Å². The fourth-order valence-corrected chi connectivity index (χ4v) is 3.52. The van der Waals surface area contributed by atoms with Gasteiger partial charge in [0.2, 0.25) is 6.29 Å². The molecule has 2 aliphatic heterocycles. The normalized spacial score (nSPS) is 23.1. The van der Waals surface area contributed by atoms with Crippen LogP contribution in [-0.2, 0) is 27.5 Å². The van der Waals surface area contributed by atoms with Gasteiger partial charge in [0.05, 0.1) is 13.2 Å². The van der Waals surface area contributed by atoms with Crippen molar-refractivity contribution in [3.63, 3.8) is 0 Å². The molecule has 1 aromatic rings. The van der Waals surface area contributed by atoms with Gasteiger partial charge in [-0.1, -0.05) is 45.0 Å². The van der Waals surface area contributed by atoms with Crippen molar-refractivity contribution in [3.8, 4) is 0 Å². The molecule has 0 saturated carbocycles. The van der Waals surface area contributed by atoms with Crippen LogP contribution in [0.5, 0.6) is 0 Å². The van der Waals surface area contributed by atoms with Crippen molar-refractivity contribution in [2.45, 2.75) is 59.5 Å². The van der Waals surface area contributed by atoms with Crippen LogP contribution in [0.25, 0.3) is 0 Å². The Morgan fingerprint density at radius 2 is 1.81 bits per heavy atom. The lowest BCUT2D eigenvalue weighted by atomic mass is 9.77. The first kappa shape index (κ1) is 19.9. The molecule has 1 fully saturated rings. The van der Waals surface area contributed by atoms with Gasteiger partial charge < -0.3 is 19.5 Å². The van der Waals surface area contributed by atoms with Gasteiger partial charge in [0.25, 0.3) is 5.91 Å². The molecule has 1 N–H and O–H groups in total. The Morgan fingerprint density at radius 3 is 2.41 bits per heavy atom. The first-order valence-corrected chi connectivity index (χ1v) is 9.85. The van der Waals surface area contributed by atoms with Crippen LogP contribution in [0.4, 0.5) is 0 Å². The number of aliphatic hydroxyl groups excluding tert-OH is 1.